The normalized spacial score (nSPS) is 38.6. The Balaban J connectivity index is 1.09. The number of rotatable bonds is 10. The first-order chi connectivity index (χ1) is 17.1. The highest BCUT2D eigenvalue weighted by Crippen LogP contribution is 2.59. The van der Waals surface area contributed by atoms with E-state index in [1.165, 1.54) is 5.57 Å². The highest BCUT2D eigenvalue weighted by Gasteiger charge is 2.72. The fraction of sp³-hybridized carbons (Fsp3) is 0.889. The number of halogens is 2. The lowest BCUT2D eigenvalue weighted by Crippen LogP contribution is -2.57. The van der Waals surface area contributed by atoms with Crippen LogP contribution in [0, 0.1) is 17.8 Å². The van der Waals surface area contributed by atoms with Crippen LogP contribution in [0.4, 0.5) is 13.6 Å². The molecule has 0 aromatic heterocycles. The number of amides is 1. The Morgan fingerprint density at radius 1 is 1.17 bits per heavy atom. The Labute approximate surface area is 213 Å². The van der Waals surface area contributed by atoms with E-state index in [0.717, 1.165) is 45.2 Å². The maximum Gasteiger partial charge on any atom is 0.410 e. The maximum atomic E-state index is 12.9. The van der Waals surface area contributed by atoms with E-state index < -0.39 is 6.43 Å². The zero-order valence-corrected chi connectivity index (χ0v) is 22.1. The molecule has 5 aliphatic rings. The topological polar surface area (TPSA) is 67.1 Å². The first-order valence-electron chi connectivity index (χ1n) is 13.6. The average molecular weight is 513 g/mol. The third-order valence-corrected chi connectivity index (χ3v) is 9.12. The number of nitrogens with zero attached hydrogens (tertiary/aromatic N) is 2. The van der Waals surface area contributed by atoms with Gasteiger partial charge in [-0.25, -0.2) is 13.6 Å². The van der Waals surface area contributed by atoms with Crippen LogP contribution >= 0.6 is 0 Å². The summed E-state index contributed by atoms with van der Waals surface area (Å²) in [5, 5.41) is 0. The van der Waals surface area contributed by atoms with Gasteiger partial charge in [-0.3, -0.25) is 4.90 Å². The van der Waals surface area contributed by atoms with Gasteiger partial charge in [0, 0.05) is 33.3 Å². The molecule has 5 rings (SSSR count). The van der Waals surface area contributed by atoms with Gasteiger partial charge in [-0.1, -0.05) is 11.6 Å². The molecule has 0 aromatic rings. The molecule has 5 fully saturated rings. The van der Waals surface area contributed by atoms with E-state index in [1.807, 2.05) is 4.90 Å². The number of ether oxygens (including phenoxy) is 4. The van der Waals surface area contributed by atoms with Crippen molar-refractivity contribution >= 4 is 6.09 Å². The van der Waals surface area contributed by atoms with E-state index in [-0.39, 0.29) is 48.1 Å². The lowest BCUT2D eigenvalue weighted by Gasteiger charge is -2.45. The number of epoxide rings is 2. The monoisotopic (exact) mass is 512 g/mol. The summed E-state index contributed by atoms with van der Waals surface area (Å²) < 4.78 is 49.1. The van der Waals surface area contributed by atoms with Crippen LogP contribution in [0.1, 0.15) is 52.9 Å². The number of methoxy groups -OCH3 is 1. The van der Waals surface area contributed by atoms with E-state index in [4.69, 9.17) is 18.9 Å². The molecule has 1 aliphatic carbocycles. The van der Waals surface area contributed by atoms with Crippen molar-refractivity contribution in [3.63, 3.8) is 0 Å². The van der Waals surface area contributed by atoms with E-state index in [1.54, 1.807) is 12.0 Å². The predicted octanol–water partition coefficient (Wildman–Crippen LogP) is 4.11. The molecule has 0 bridgehead atoms. The number of carbonyl (C=O) groups is 1. The van der Waals surface area contributed by atoms with Crippen LogP contribution in [0.3, 0.4) is 0 Å². The van der Waals surface area contributed by atoms with E-state index >= 15 is 0 Å². The zero-order chi connectivity index (χ0) is 25.7. The molecule has 4 saturated heterocycles. The van der Waals surface area contributed by atoms with Gasteiger partial charge in [-0.2, -0.15) is 0 Å². The molecule has 0 N–H and O–H groups in total. The van der Waals surface area contributed by atoms with Crippen molar-refractivity contribution < 1.29 is 32.5 Å². The van der Waals surface area contributed by atoms with Crippen molar-refractivity contribution in [3.8, 4) is 0 Å². The molecule has 0 unspecified atom stereocenters. The molecule has 204 valence electrons. The second-order valence-corrected chi connectivity index (χ2v) is 12.1. The summed E-state index contributed by atoms with van der Waals surface area (Å²) in [6.07, 6.45) is 3.75. The van der Waals surface area contributed by atoms with Gasteiger partial charge in [0.05, 0.1) is 25.2 Å². The Hall–Kier alpha value is -1.29. The number of alkyl halides is 2. The van der Waals surface area contributed by atoms with Crippen molar-refractivity contribution in [2.24, 2.45) is 17.8 Å². The summed E-state index contributed by atoms with van der Waals surface area (Å²) in [5.74, 6) is 1.00. The van der Waals surface area contributed by atoms with Crippen molar-refractivity contribution in [3.05, 3.63) is 11.6 Å². The molecule has 36 heavy (non-hydrogen) atoms. The molecule has 1 amide bonds. The average Bonchev–Trinajstić information content (AvgIpc) is 3.67. The summed E-state index contributed by atoms with van der Waals surface area (Å²) in [6, 6.07) is 0. The van der Waals surface area contributed by atoms with Gasteiger partial charge in [0.25, 0.3) is 6.43 Å². The minimum atomic E-state index is -2.25. The molecule has 6 atom stereocenters. The molecule has 1 spiro atoms. The summed E-state index contributed by atoms with van der Waals surface area (Å²) in [6.45, 7) is 9.89. The summed E-state index contributed by atoms with van der Waals surface area (Å²) >= 11 is 0. The second kappa shape index (κ2) is 10.1. The van der Waals surface area contributed by atoms with Crippen LogP contribution in [-0.4, -0.2) is 98.3 Å². The van der Waals surface area contributed by atoms with Crippen LogP contribution in [0.5, 0.6) is 0 Å². The number of likely N-dealkylation sites (tertiary alicyclic amines) is 2. The van der Waals surface area contributed by atoms with Crippen molar-refractivity contribution in [1.82, 2.24) is 9.80 Å². The summed E-state index contributed by atoms with van der Waals surface area (Å²) in [7, 11) is 1.69. The number of carbonyl (C=O) groups excluding carboxylic acids is 1. The standard InChI is InChI=1S/C27H42F2N2O5/c1-17(2)5-8-21-26(3,36-21)24-23(33-4)20(9-10-27(24)16-34-27)35-25(32)31-13-19(14-31)7-6-18-11-30(12-18)15-22(28)29/h5,18-24H,6-16H2,1-4H3/t20-,21-,23-,24-,26+,27+/m1/s1. The van der Waals surface area contributed by atoms with Gasteiger partial charge in [0.1, 0.15) is 23.4 Å². The lowest BCUT2D eigenvalue weighted by atomic mass is 9.68. The zero-order valence-electron chi connectivity index (χ0n) is 22.1. The molecular formula is C27H42F2N2O5. The maximum absolute atomic E-state index is 12.9. The molecule has 4 aliphatic heterocycles. The van der Waals surface area contributed by atoms with Crippen LogP contribution in [-0.2, 0) is 18.9 Å². The largest absolute Gasteiger partial charge is 0.443 e. The smallest absolute Gasteiger partial charge is 0.410 e. The first kappa shape index (κ1) is 26.3. The second-order valence-electron chi connectivity index (χ2n) is 12.1. The van der Waals surface area contributed by atoms with Gasteiger partial charge in [0.15, 0.2) is 0 Å². The van der Waals surface area contributed by atoms with Gasteiger partial charge in [-0.15, -0.1) is 0 Å². The molecular weight excluding hydrogens is 470 g/mol. The Kier molecular flexibility index (Phi) is 7.40. The molecule has 9 heteroatoms. The first-order valence-corrected chi connectivity index (χ1v) is 13.6. The van der Waals surface area contributed by atoms with Gasteiger partial charge >= 0.3 is 6.09 Å². The summed E-state index contributed by atoms with van der Waals surface area (Å²) in [4.78, 5) is 16.5. The quantitative estimate of drug-likeness (QED) is 0.324. The number of hydrogen-bond acceptors (Lipinski definition) is 6. The predicted molar refractivity (Wildman–Crippen MR) is 130 cm³/mol. The third-order valence-electron chi connectivity index (χ3n) is 9.12. The highest BCUT2D eigenvalue weighted by atomic mass is 19.3. The molecule has 0 aromatic carbocycles. The van der Waals surface area contributed by atoms with Crippen LogP contribution in [0.25, 0.3) is 0 Å². The highest BCUT2D eigenvalue weighted by molar-refractivity contribution is 5.69. The third kappa shape index (κ3) is 5.31. The SMILES string of the molecule is CO[C@@H]1[C@H](OC(=O)N2CC(CCC3CN(CC(F)F)C3)C2)CC[C@]2(CO2)[C@H]1[C@@]1(C)O[C@@H]1CC=C(C)C. The van der Waals surface area contributed by atoms with E-state index in [2.05, 4.69) is 26.8 Å². The Morgan fingerprint density at radius 3 is 2.42 bits per heavy atom. The van der Waals surface area contributed by atoms with Crippen LogP contribution in [0.2, 0.25) is 0 Å². The van der Waals surface area contributed by atoms with Crippen LogP contribution < -0.4 is 0 Å². The van der Waals surface area contributed by atoms with Gasteiger partial charge in [0.2, 0.25) is 0 Å². The van der Waals surface area contributed by atoms with Gasteiger partial charge < -0.3 is 23.8 Å². The number of hydrogen-bond donors (Lipinski definition) is 0. The van der Waals surface area contributed by atoms with E-state index in [9.17, 15) is 13.6 Å². The molecule has 0 radical (unpaired) electrons. The minimum Gasteiger partial charge on any atom is -0.443 e. The Bertz CT molecular complexity index is 836. The Morgan fingerprint density at radius 2 is 1.83 bits per heavy atom. The lowest BCUT2D eigenvalue weighted by molar-refractivity contribution is -0.124. The molecule has 1 saturated carbocycles. The van der Waals surface area contributed by atoms with Crippen molar-refractivity contribution in [2.45, 2.75) is 88.8 Å². The molecule has 7 nitrogen and oxygen atoms in total. The summed E-state index contributed by atoms with van der Waals surface area (Å²) in [5.41, 5.74) is 0.702. The van der Waals surface area contributed by atoms with Crippen molar-refractivity contribution in [2.75, 3.05) is 46.4 Å². The van der Waals surface area contributed by atoms with E-state index in [0.29, 0.717) is 31.5 Å². The fourth-order valence-corrected chi connectivity index (χ4v) is 6.85. The minimum absolute atomic E-state index is 0.0216. The number of allylic oxidation sites excluding steroid dienone is 1. The fourth-order valence-electron chi connectivity index (χ4n) is 6.85. The van der Waals surface area contributed by atoms with Crippen molar-refractivity contribution in [1.29, 1.82) is 0 Å². The van der Waals surface area contributed by atoms with Crippen LogP contribution in [0.15, 0.2) is 11.6 Å². The van der Waals surface area contributed by atoms with Gasteiger partial charge in [-0.05, 0) is 64.7 Å². The molecule has 4 heterocycles.